The Morgan fingerprint density at radius 2 is 1.96 bits per heavy atom. The number of H-pyrrole nitrogens is 1. The summed E-state index contributed by atoms with van der Waals surface area (Å²) in [5.41, 5.74) is 3.90. The molecule has 0 saturated heterocycles. The number of hydrogen-bond donors (Lipinski definition) is 3. The fraction of sp³-hybridized carbons (Fsp3) is 0.571. The molecule has 3 rings (SSSR count). The Morgan fingerprint density at radius 1 is 1.20 bits per heavy atom. The summed E-state index contributed by atoms with van der Waals surface area (Å²) < 4.78 is 0. The zero-order valence-corrected chi connectivity index (χ0v) is 15.4. The summed E-state index contributed by atoms with van der Waals surface area (Å²) in [5, 5.41) is 14.2. The Balaban J connectivity index is 1.71. The molecular weight excluding hydrogens is 312 g/mol. The number of pyridine rings is 1. The van der Waals surface area contributed by atoms with Crippen LogP contribution >= 0.6 is 0 Å². The van der Waals surface area contributed by atoms with Gasteiger partial charge in [-0.15, -0.1) is 0 Å². The molecule has 0 unspecified atom stereocenters. The first-order chi connectivity index (χ1) is 12.1. The molecule has 4 heteroatoms. The lowest BCUT2D eigenvalue weighted by molar-refractivity contribution is 0.203. The minimum atomic E-state index is -0.0405. The van der Waals surface area contributed by atoms with Gasteiger partial charge in [0.1, 0.15) is 0 Å². The fourth-order valence-corrected chi connectivity index (χ4v) is 4.17. The Hall–Kier alpha value is -1.65. The van der Waals surface area contributed by atoms with Crippen molar-refractivity contribution in [2.45, 2.75) is 65.0 Å². The summed E-state index contributed by atoms with van der Waals surface area (Å²) in [7, 11) is 0. The second kappa shape index (κ2) is 8.15. The fourth-order valence-electron chi connectivity index (χ4n) is 4.17. The highest BCUT2D eigenvalue weighted by Gasteiger charge is 2.18. The zero-order valence-electron chi connectivity index (χ0n) is 15.4. The molecule has 4 nitrogen and oxygen atoms in total. The highest BCUT2D eigenvalue weighted by molar-refractivity contribution is 5.82. The van der Waals surface area contributed by atoms with E-state index in [1.54, 1.807) is 0 Å². The van der Waals surface area contributed by atoms with Crippen molar-refractivity contribution in [1.29, 1.82) is 0 Å². The van der Waals surface area contributed by atoms with Crippen LogP contribution in [-0.2, 0) is 6.54 Å². The van der Waals surface area contributed by atoms with E-state index in [9.17, 15) is 9.90 Å². The van der Waals surface area contributed by atoms with Crippen molar-refractivity contribution in [3.8, 4) is 0 Å². The first-order valence-electron chi connectivity index (χ1n) is 9.54. The van der Waals surface area contributed by atoms with E-state index >= 15 is 0 Å². The van der Waals surface area contributed by atoms with Crippen molar-refractivity contribution in [3.63, 3.8) is 0 Å². The molecule has 2 aromatic rings. The molecule has 1 aromatic heterocycles. The average Bonchev–Trinajstić information content (AvgIpc) is 2.60. The maximum Gasteiger partial charge on any atom is 0.252 e. The van der Waals surface area contributed by atoms with E-state index in [0.29, 0.717) is 12.5 Å². The largest absolute Gasteiger partial charge is 0.395 e. The van der Waals surface area contributed by atoms with Gasteiger partial charge < -0.3 is 15.4 Å². The molecule has 1 heterocycles. The third-order valence-corrected chi connectivity index (χ3v) is 5.51. The second-order valence-electron chi connectivity index (χ2n) is 7.67. The number of rotatable bonds is 6. The van der Waals surface area contributed by atoms with Gasteiger partial charge in [-0.25, -0.2) is 0 Å². The van der Waals surface area contributed by atoms with Crippen LogP contribution in [-0.4, -0.2) is 22.7 Å². The van der Waals surface area contributed by atoms with Gasteiger partial charge in [-0.05, 0) is 49.3 Å². The van der Waals surface area contributed by atoms with Gasteiger partial charge in [0.2, 0.25) is 0 Å². The summed E-state index contributed by atoms with van der Waals surface area (Å²) in [6, 6.07) is 6.24. The second-order valence-corrected chi connectivity index (χ2v) is 7.67. The first-order valence-corrected chi connectivity index (χ1v) is 9.54. The van der Waals surface area contributed by atoms with Crippen LogP contribution in [0, 0.1) is 19.8 Å². The number of aryl methyl sites for hydroxylation is 2. The number of aliphatic hydroxyl groups excluding tert-OH is 1. The van der Waals surface area contributed by atoms with Crippen LogP contribution in [0.4, 0.5) is 0 Å². The van der Waals surface area contributed by atoms with Crippen molar-refractivity contribution < 1.29 is 5.11 Å². The molecule has 3 N–H and O–H groups in total. The standard InChI is InChI=1S/C21H30N2O2/c1-14-8-15(2)20-17(9-14)11-18(21(25)23-20)12-22-19(13-24)10-16-6-4-3-5-7-16/h8-9,11,16,19,22,24H,3-7,10,12-13H2,1-2H3,(H,23,25)/t19-/m0/s1. The number of aromatic nitrogens is 1. The monoisotopic (exact) mass is 342 g/mol. The SMILES string of the molecule is Cc1cc(C)c2[nH]c(=O)c(CN[C@H](CO)CC3CCCCC3)cc2c1. The van der Waals surface area contributed by atoms with Crippen LogP contribution in [0.25, 0.3) is 10.9 Å². The van der Waals surface area contributed by atoms with Crippen LogP contribution in [0.3, 0.4) is 0 Å². The van der Waals surface area contributed by atoms with Gasteiger partial charge in [-0.2, -0.15) is 0 Å². The topological polar surface area (TPSA) is 65.1 Å². The molecule has 0 amide bonds. The molecule has 136 valence electrons. The van der Waals surface area contributed by atoms with Crippen LogP contribution in [0.2, 0.25) is 0 Å². The predicted octanol–water partition coefficient (Wildman–Crippen LogP) is 3.57. The van der Waals surface area contributed by atoms with Crippen molar-refractivity contribution in [2.24, 2.45) is 5.92 Å². The van der Waals surface area contributed by atoms with E-state index in [-0.39, 0.29) is 18.2 Å². The summed E-state index contributed by atoms with van der Waals surface area (Å²) in [5.74, 6) is 0.707. The molecule has 0 spiro atoms. The van der Waals surface area contributed by atoms with Crippen molar-refractivity contribution >= 4 is 10.9 Å². The predicted molar refractivity (Wildman–Crippen MR) is 103 cm³/mol. The molecule has 1 aromatic carbocycles. The maximum atomic E-state index is 12.4. The summed E-state index contributed by atoms with van der Waals surface area (Å²) in [4.78, 5) is 15.4. The molecule has 0 bridgehead atoms. The molecule has 0 aliphatic heterocycles. The Morgan fingerprint density at radius 3 is 2.68 bits per heavy atom. The lowest BCUT2D eigenvalue weighted by Crippen LogP contribution is -2.35. The Bertz CT molecular complexity index is 775. The quantitative estimate of drug-likeness (QED) is 0.752. The lowest BCUT2D eigenvalue weighted by atomic mass is 9.85. The summed E-state index contributed by atoms with van der Waals surface area (Å²) in [6.07, 6.45) is 7.51. The minimum absolute atomic E-state index is 0.0405. The van der Waals surface area contributed by atoms with Gasteiger partial charge in [0.15, 0.2) is 0 Å². The molecular formula is C21H30N2O2. The van der Waals surface area contributed by atoms with Crippen molar-refractivity contribution in [1.82, 2.24) is 10.3 Å². The average molecular weight is 342 g/mol. The molecule has 1 fully saturated rings. The van der Waals surface area contributed by atoms with E-state index < -0.39 is 0 Å². The third-order valence-electron chi connectivity index (χ3n) is 5.51. The Kier molecular flexibility index (Phi) is 5.92. The van der Waals surface area contributed by atoms with Crippen LogP contribution < -0.4 is 10.9 Å². The van der Waals surface area contributed by atoms with Gasteiger partial charge in [0.25, 0.3) is 5.56 Å². The highest BCUT2D eigenvalue weighted by Crippen LogP contribution is 2.27. The molecule has 1 aliphatic rings. The van der Waals surface area contributed by atoms with Gasteiger partial charge in [0.05, 0.1) is 12.1 Å². The van der Waals surface area contributed by atoms with Crippen molar-refractivity contribution in [2.75, 3.05) is 6.61 Å². The maximum absolute atomic E-state index is 12.4. The lowest BCUT2D eigenvalue weighted by Gasteiger charge is -2.26. The van der Waals surface area contributed by atoms with E-state index in [1.807, 2.05) is 13.0 Å². The normalized spacial score (nSPS) is 17.1. The summed E-state index contributed by atoms with van der Waals surface area (Å²) >= 11 is 0. The molecule has 25 heavy (non-hydrogen) atoms. The van der Waals surface area contributed by atoms with E-state index in [1.165, 1.54) is 37.7 Å². The zero-order chi connectivity index (χ0) is 17.8. The molecule has 1 atom stereocenters. The number of hydrogen-bond acceptors (Lipinski definition) is 3. The minimum Gasteiger partial charge on any atom is -0.395 e. The van der Waals surface area contributed by atoms with E-state index in [4.69, 9.17) is 0 Å². The number of nitrogens with one attached hydrogen (secondary N) is 2. The third kappa shape index (κ3) is 4.50. The number of aliphatic hydroxyl groups is 1. The van der Waals surface area contributed by atoms with Crippen LogP contribution in [0.1, 0.15) is 55.2 Å². The Labute approximate surface area is 149 Å². The van der Waals surface area contributed by atoms with Crippen molar-refractivity contribution in [3.05, 3.63) is 45.2 Å². The van der Waals surface area contributed by atoms with E-state index in [2.05, 4.69) is 29.4 Å². The van der Waals surface area contributed by atoms with Crippen LogP contribution in [0.15, 0.2) is 23.0 Å². The molecule has 1 saturated carbocycles. The number of benzene rings is 1. The smallest absolute Gasteiger partial charge is 0.252 e. The summed E-state index contributed by atoms with van der Waals surface area (Å²) in [6.45, 7) is 4.72. The van der Waals surface area contributed by atoms with Crippen LogP contribution in [0.5, 0.6) is 0 Å². The molecule has 0 radical (unpaired) electrons. The first kappa shape index (κ1) is 18.2. The van der Waals surface area contributed by atoms with Gasteiger partial charge in [-0.3, -0.25) is 4.79 Å². The number of fused-ring (bicyclic) bond motifs is 1. The van der Waals surface area contributed by atoms with E-state index in [0.717, 1.165) is 28.5 Å². The molecule has 1 aliphatic carbocycles. The van der Waals surface area contributed by atoms with Gasteiger partial charge >= 0.3 is 0 Å². The highest BCUT2D eigenvalue weighted by atomic mass is 16.3. The van der Waals surface area contributed by atoms with Gasteiger partial charge in [-0.1, -0.05) is 43.7 Å². The van der Waals surface area contributed by atoms with Gasteiger partial charge in [0, 0.05) is 18.2 Å². The number of aromatic amines is 1.